The van der Waals surface area contributed by atoms with E-state index in [4.69, 9.17) is 0 Å². The average Bonchev–Trinajstić information content (AvgIpc) is 2.36. The van der Waals surface area contributed by atoms with Gasteiger partial charge in [0.15, 0.2) is 0 Å². The number of hydrogen-bond acceptors (Lipinski definition) is 0. The van der Waals surface area contributed by atoms with Gasteiger partial charge in [0.1, 0.15) is 0 Å². The van der Waals surface area contributed by atoms with Gasteiger partial charge >= 0.3 is 0 Å². The Morgan fingerprint density at radius 1 is 1.55 bits per heavy atom. The van der Waals surface area contributed by atoms with Crippen LogP contribution in [-0.4, -0.2) is 0 Å². The van der Waals surface area contributed by atoms with Crippen molar-refractivity contribution in [2.45, 2.75) is 20.8 Å². The summed E-state index contributed by atoms with van der Waals surface area (Å²) in [4.78, 5) is 0. The lowest BCUT2D eigenvalue weighted by atomic mass is 10.1. The van der Waals surface area contributed by atoms with E-state index in [2.05, 4.69) is 31.7 Å². The van der Waals surface area contributed by atoms with E-state index in [1.54, 1.807) is 0 Å². The molecule has 1 aliphatic rings. The third-order valence-corrected chi connectivity index (χ3v) is 1.65. The minimum atomic E-state index is 0. The summed E-state index contributed by atoms with van der Waals surface area (Å²) in [5, 5.41) is 0. The minimum Gasteiger partial charge on any atom is -0.0990 e. The SMILES string of the molecule is C.C=C/C=C1/C=CC/C1=C/C. The van der Waals surface area contributed by atoms with Crippen LogP contribution in [0.1, 0.15) is 20.8 Å². The zero-order valence-corrected chi connectivity index (χ0v) is 6.30. The fourth-order valence-corrected chi connectivity index (χ4v) is 1.11. The molecule has 0 spiro atoms. The lowest BCUT2D eigenvalue weighted by Gasteiger charge is -1.95. The third-order valence-electron chi connectivity index (χ3n) is 1.65. The van der Waals surface area contributed by atoms with Crippen molar-refractivity contribution >= 4 is 0 Å². The molecule has 0 radical (unpaired) electrons. The summed E-state index contributed by atoms with van der Waals surface area (Å²) in [7, 11) is 0. The molecule has 60 valence electrons. The predicted molar refractivity (Wildman–Crippen MR) is 52.5 cm³/mol. The van der Waals surface area contributed by atoms with Crippen molar-refractivity contribution in [2.75, 3.05) is 0 Å². The zero-order valence-electron chi connectivity index (χ0n) is 6.30. The normalized spacial score (nSPS) is 22.3. The molecule has 0 heterocycles. The van der Waals surface area contributed by atoms with Gasteiger partial charge in [0.2, 0.25) is 0 Å². The second-order valence-electron chi connectivity index (χ2n) is 2.28. The van der Waals surface area contributed by atoms with E-state index in [0.717, 1.165) is 6.42 Å². The van der Waals surface area contributed by atoms with Crippen LogP contribution in [0.2, 0.25) is 0 Å². The van der Waals surface area contributed by atoms with Gasteiger partial charge in [0, 0.05) is 0 Å². The Balaban J connectivity index is 0.000001000. The highest BCUT2D eigenvalue weighted by atomic mass is 14.1. The molecule has 11 heavy (non-hydrogen) atoms. The summed E-state index contributed by atoms with van der Waals surface area (Å²) in [6.45, 7) is 5.72. The Bertz CT molecular complexity index is 214. The second-order valence-corrected chi connectivity index (χ2v) is 2.28. The second kappa shape index (κ2) is 4.73. The molecule has 1 aliphatic carbocycles. The molecule has 0 N–H and O–H groups in total. The van der Waals surface area contributed by atoms with E-state index in [1.165, 1.54) is 11.1 Å². The van der Waals surface area contributed by atoms with Gasteiger partial charge in [-0.2, -0.15) is 0 Å². The van der Waals surface area contributed by atoms with Crippen molar-refractivity contribution in [3.05, 3.63) is 48.1 Å². The monoisotopic (exact) mass is 148 g/mol. The lowest BCUT2D eigenvalue weighted by molar-refractivity contribution is 1.30. The van der Waals surface area contributed by atoms with Gasteiger partial charge in [-0.3, -0.25) is 0 Å². The summed E-state index contributed by atoms with van der Waals surface area (Å²) < 4.78 is 0. The maximum absolute atomic E-state index is 3.66. The van der Waals surface area contributed by atoms with Crippen molar-refractivity contribution in [3.63, 3.8) is 0 Å². The first kappa shape index (κ1) is 9.96. The van der Waals surface area contributed by atoms with Crippen LogP contribution in [0, 0.1) is 0 Å². The van der Waals surface area contributed by atoms with Crippen LogP contribution in [0.25, 0.3) is 0 Å². The summed E-state index contributed by atoms with van der Waals surface area (Å²) in [5.74, 6) is 0. The smallest absolute Gasteiger partial charge is 0.00914 e. The highest BCUT2D eigenvalue weighted by molar-refractivity contribution is 5.47. The molecule has 0 saturated heterocycles. The molecule has 0 nitrogen and oxygen atoms in total. The van der Waals surface area contributed by atoms with E-state index < -0.39 is 0 Å². The molecule has 0 aliphatic heterocycles. The molecule has 0 fully saturated rings. The van der Waals surface area contributed by atoms with Gasteiger partial charge in [-0.1, -0.05) is 44.4 Å². The molecule has 0 bridgehead atoms. The van der Waals surface area contributed by atoms with Crippen molar-refractivity contribution in [1.29, 1.82) is 0 Å². The summed E-state index contributed by atoms with van der Waals surface area (Å²) >= 11 is 0. The molecule has 0 heteroatoms. The lowest BCUT2D eigenvalue weighted by Crippen LogP contribution is -1.75. The predicted octanol–water partition coefficient (Wildman–Crippen LogP) is 3.64. The Kier molecular flexibility index (Phi) is 4.28. The van der Waals surface area contributed by atoms with Crippen LogP contribution in [0.4, 0.5) is 0 Å². The van der Waals surface area contributed by atoms with Crippen molar-refractivity contribution in [2.24, 2.45) is 0 Å². The van der Waals surface area contributed by atoms with Gasteiger partial charge in [-0.25, -0.2) is 0 Å². The van der Waals surface area contributed by atoms with Gasteiger partial charge in [-0.05, 0) is 24.5 Å². The van der Waals surface area contributed by atoms with E-state index in [-0.39, 0.29) is 7.43 Å². The van der Waals surface area contributed by atoms with Crippen LogP contribution < -0.4 is 0 Å². The summed E-state index contributed by atoms with van der Waals surface area (Å²) in [6.07, 6.45) is 11.4. The topological polar surface area (TPSA) is 0 Å². The standard InChI is InChI=1S/C10H12.CH4/c1-3-6-10-8-5-7-9(10)4-2;/h3-6,8H,1,7H2,2H3;1H4/b9-4-,10-6-;. The molecule has 0 saturated carbocycles. The van der Waals surface area contributed by atoms with E-state index in [9.17, 15) is 0 Å². The number of hydrogen-bond donors (Lipinski definition) is 0. The van der Waals surface area contributed by atoms with Gasteiger partial charge in [0.05, 0.1) is 0 Å². The Morgan fingerprint density at radius 2 is 2.27 bits per heavy atom. The molecule has 1 rings (SSSR count). The zero-order chi connectivity index (χ0) is 7.40. The van der Waals surface area contributed by atoms with Gasteiger partial charge < -0.3 is 0 Å². The van der Waals surface area contributed by atoms with Crippen LogP contribution in [0.15, 0.2) is 48.1 Å². The molecule has 0 aromatic rings. The highest BCUT2D eigenvalue weighted by Gasteiger charge is 2.03. The molecule has 0 unspecified atom stereocenters. The molecular formula is C11H16. The van der Waals surface area contributed by atoms with Gasteiger partial charge in [0.25, 0.3) is 0 Å². The first-order chi connectivity index (χ1) is 4.88. The van der Waals surface area contributed by atoms with Crippen LogP contribution in [-0.2, 0) is 0 Å². The number of rotatable bonds is 1. The maximum Gasteiger partial charge on any atom is -0.00914 e. The fraction of sp³-hybridized carbons (Fsp3) is 0.273. The maximum atomic E-state index is 3.66. The molecule has 0 aromatic heterocycles. The van der Waals surface area contributed by atoms with E-state index in [1.807, 2.05) is 12.2 Å². The molecule has 0 amide bonds. The summed E-state index contributed by atoms with van der Waals surface area (Å²) in [6, 6.07) is 0. The molecular weight excluding hydrogens is 132 g/mol. The first-order valence-electron chi connectivity index (χ1n) is 3.53. The Labute approximate surface area is 69.6 Å². The van der Waals surface area contributed by atoms with Crippen molar-refractivity contribution in [1.82, 2.24) is 0 Å². The average molecular weight is 148 g/mol. The van der Waals surface area contributed by atoms with Crippen LogP contribution in [0.3, 0.4) is 0 Å². The summed E-state index contributed by atoms with van der Waals surface area (Å²) in [5.41, 5.74) is 2.71. The van der Waals surface area contributed by atoms with Gasteiger partial charge in [-0.15, -0.1) is 0 Å². The van der Waals surface area contributed by atoms with Crippen LogP contribution >= 0.6 is 0 Å². The quantitative estimate of drug-likeness (QED) is 0.532. The third kappa shape index (κ3) is 2.23. The van der Waals surface area contributed by atoms with Crippen molar-refractivity contribution in [3.8, 4) is 0 Å². The Hall–Kier alpha value is -1.04. The first-order valence-corrected chi connectivity index (χ1v) is 3.53. The largest absolute Gasteiger partial charge is 0.0990 e. The fourth-order valence-electron chi connectivity index (χ4n) is 1.11. The van der Waals surface area contributed by atoms with Crippen LogP contribution in [0.5, 0.6) is 0 Å². The van der Waals surface area contributed by atoms with E-state index >= 15 is 0 Å². The van der Waals surface area contributed by atoms with E-state index in [0.29, 0.717) is 0 Å². The molecule has 0 aromatic carbocycles. The highest BCUT2D eigenvalue weighted by Crippen LogP contribution is 2.22. The number of allylic oxidation sites excluding steroid dienone is 7. The molecule has 0 atom stereocenters. The Morgan fingerprint density at radius 3 is 2.82 bits per heavy atom. The van der Waals surface area contributed by atoms with Crippen molar-refractivity contribution < 1.29 is 0 Å². The minimum absolute atomic E-state index is 0.